The highest BCUT2D eigenvalue weighted by atomic mass is 32.2. The topological polar surface area (TPSA) is 132 Å². The average molecular weight is 407 g/mol. The van der Waals surface area contributed by atoms with Crippen molar-refractivity contribution in [2.45, 2.75) is 45.3 Å². The Morgan fingerprint density at radius 1 is 1.39 bits per heavy atom. The Bertz CT molecular complexity index is 939. The van der Waals surface area contributed by atoms with E-state index in [0.29, 0.717) is 30.5 Å². The summed E-state index contributed by atoms with van der Waals surface area (Å²) in [5.41, 5.74) is 4.15. The molecule has 152 valence electrons. The molecule has 2 aliphatic carbocycles. The normalized spacial score (nSPS) is 25.1. The van der Waals surface area contributed by atoms with Gasteiger partial charge in [0.05, 0.1) is 18.3 Å². The third-order valence-corrected chi connectivity index (χ3v) is 5.80. The van der Waals surface area contributed by atoms with Crippen LogP contribution in [0.1, 0.15) is 43.5 Å². The van der Waals surface area contributed by atoms with Crippen LogP contribution in [0, 0.1) is 5.92 Å². The molecule has 3 atom stereocenters. The first-order valence-electron chi connectivity index (χ1n) is 9.11. The number of aromatic nitrogens is 1. The zero-order chi connectivity index (χ0) is 20.5. The molecule has 0 amide bonds. The number of hydrogen-bond donors (Lipinski definition) is 3. The highest BCUT2D eigenvalue weighted by Gasteiger charge is 2.34. The van der Waals surface area contributed by atoms with Gasteiger partial charge in [-0.1, -0.05) is 17.2 Å². The van der Waals surface area contributed by atoms with Crippen molar-refractivity contribution in [2.24, 2.45) is 11.1 Å². The number of nitrogens with two attached hydrogens (primary N) is 1. The average Bonchev–Trinajstić information content (AvgIpc) is 3.14. The molecular formula is C19H25N3O5S. The van der Waals surface area contributed by atoms with Gasteiger partial charge in [-0.2, -0.15) is 8.42 Å². The molecule has 1 aromatic rings. The van der Waals surface area contributed by atoms with Crippen LogP contribution in [-0.2, 0) is 14.5 Å². The molecule has 3 rings (SSSR count). The Morgan fingerprint density at radius 2 is 2.14 bits per heavy atom. The van der Waals surface area contributed by atoms with Crippen LogP contribution < -0.4 is 10.5 Å². The van der Waals surface area contributed by atoms with E-state index in [2.05, 4.69) is 14.5 Å². The fraction of sp³-hybridized carbons (Fsp3) is 0.474. The summed E-state index contributed by atoms with van der Waals surface area (Å²) in [4.78, 5) is 17.0. The number of nitrogens with zero attached hydrogens (tertiary/aromatic N) is 1. The molecule has 8 nitrogen and oxygen atoms in total. The van der Waals surface area contributed by atoms with Gasteiger partial charge in [-0.05, 0) is 39.2 Å². The number of anilines is 1. The lowest BCUT2D eigenvalue weighted by Gasteiger charge is -2.17. The minimum Gasteiger partial charge on any atom is -0.393 e. The summed E-state index contributed by atoms with van der Waals surface area (Å²) in [5, 5.41) is 18.3. The molecule has 0 spiro atoms. The SMILES string of the molecule is CC1=C(C)CC(C(=O)c2cnccc2N[C@@H]2C[C@H](COS(N)(=O)=O)[C@@H](O)C2)=C1. The van der Waals surface area contributed by atoms with Crippen molar-refractivity contribution in [1.82, 2.24) is 4.98 Å². The molecule has 1 fully saturated rings. The van der Waals surface area contributed by atoms with E-state index in [1.807, 2.05) is 19.9 Å². The molecule has 0 bridgehead atoms. The number of nitrogens with one attached hydrogen (secondary N) is 1. The molecule has 0 unspecified atom stereocenters. The number of hydrogen-bond acceptors (Lipinski definition) is 7. The maximum absolute atomic E-state index is 12.9. The first kappa shape index (κ1) is 20.7. The second kappa shape index (κ2) is 8.12. The van der Waals surface area contributed by atoms with E-state index in [1.54, 1.807) is 18.5 Å². The van der Waals surface area contributed by atoms with Gasteiger partial charge in [0.1, 0.15) is 0 Å². The summed E-state index contributed by atoms with van der Waals surface area (Å²) in [5.74, 6) is -0.427. The van der Waals surface area contributed by atoms with Gasteiger partial charge in [0.15, 0.2) is 5.78 Å². The van der Waals surface area contributed by atoms with E-state index in [4.69, 9.17) is 5.14 Å². The molecule has 0 radical (unpaired) electrons. The zero-order valence-corrected chi connectivity index (χ0v) is 16.7. The zero-order valence-electron chi connectivity index (χ0n) is 15.9. The van der Waals surface area contributed by atoms with Gasteiger partial charge in [-0.3, -0.25) is 14.0 Å². The number of ketones is 1. The molecule has 2 aliphatic rings. The Labute approximate surface area is 164 Å². The Hall–Kier alpha value is -2.07. The first-order valence-corrected chi connectivity index (χ1v) is 10.6. The molecule has 1 saturated carbocycles. The summed E-state index contributed by atoms with van der Waals surface area (Å²) in [6.45, 7) is 3.83. The van der Waals surface area contributed by atoms with E-state index in [1.165, 1.54) is 5.57 Å². The van der Waals surface area contributed by atoms with Gasteiger partial charge in [0.2, 0.25) is 0 Å². The van der Waals surface area contributed by atoms with Gasteiger partial charge in [-0.25, -0.2) is 5.14 Å². The van der Waals surface area contributed by atoms with Crippen LogP contribution >= 0.6 is 0 Å². The minimum absolute atomic E-state index is 0.0700. The molecule has 4 N–H and O–H groups in total. The van der Waals surface area contributed by atoms with Gasteiger partial charge in [0.25, 0.3) is 0 Å². The Kier molecular flexibility index (Phi) is 5.99. The number of rotatable bonds is 7. The number of Topliss-reactive ketones (excluding diaryl/α,β-unsaturated/α-hetero) is 1. The summed E-state index contributed by atoms with van der Waals surface area (Å²) in [6.07, 6.45) is 5.88. The maximum atomic E-state index is 12.9. The van der Waals surface area contributed by atoms with E-state index >= 15 is 0 Å². The maximum Gasteiger partial charge on any atom is 0.333 e. The van der Waals surface area contributed by atoms with Gasteiger partial charge >= 0.3 is 10.3 Å². The standard InChI is InChI=1S/C19H25N3O5S/c1-11-5-13(6-12(11)2)19(24)16-9-21-4-3-17(16)22-15-7-14(18(23)8-15)10-27-28(20,25)26/h3-5,9,14-15,18,23H,6-8,10H2,1-2H3,(H,21,22)(H2,20,25,26)/t14-,15-,18+/m1/s1. The third-order valence-electron chi connectivity index (χ3n) is 5.34. The van der Waals surface area contributed by atoms with Crippen LogP contribution in [0.4, 0.5) is 5.69 Å². The van der Waals surface area contributed by atoms with E-state index in [0.717, 1.165) is 11.1 Å². The fourth-order valence-electron chi connectivity index (χ4n) is 3.68. The van der Waals surface area contributed by atoms with Crippen LogP contribution in [-0.4, -0.2) is 43.0 Å². The van der Waals surface area contributed by atoms with Gasteiger partial charge in [0, 0.05) is 35.6 Å². The van der Waals surface area contributed by atoms with Crippen molar-refractivity contribution in [2.75, 3.05) is 11.9 Å². The smallest absolute Gasteiger partial charge is 0.333 e. The van der Waals surface area contributed by atoms with E-state index in [9.17, 15) is 18.3 Å². The quantitative estimate of drug-likeness (QED) is 0.586. The van der Waals surface area contributed by atoms with E-state index in [-0.39, 0.29) is 24.3 Å². The molecule has 28 heavy (non-hydrogen) atoms. The predicted octanol–water partition coefficient (Wildman–Crippen LogP) is 1.70. The molecule has 1 heterocycles. The van der Waals surface area contributed by atoms with Gasteiger partial charge in [-0.15, -0.1) is 0 Å². The number of carbonyl (C=O) groups is 1. The molecule has 0 aliphatic heterocycles. The largest absolute Gasteiger partial charge is 0.393 e. The molecular weight excluding hydrogens is 382 g/mol. The Morgan fingerprint density at radius 3 is 2.79 bits per heavy atom. The van der Waals surface area contributed by atoms with Crippen molar-refractivity contribution in [1.29, 1.82) is 0 Å². The van der Waals surface area contributed by atoms with Crippen molar-refractivity contribution in [3.05, 3.63) is 46.8 Å². The van der Waals surface area contributed by atoms with Crippen LogP contribution in [0.5, 0.6) is 0 Å². The number of carbonyl (C=O) groups excluding carboxylic acids is 1. The molecule has 0 saturated heterocycles. The number of aliphatic hydroxyl groups excluding tert-OH is 1. The fourth-order valence-corrected chi connectivity index (χ4v) is 4.05. The summed E-state index contributed by atoms with van der Waals surface area (Å²) in [6, 6.07) is 1.60. The van der Waals surface area contributed by atoms with Crippen LogP contribution in [0.15, 0.2) is 41.3 Å². The van der Waals surface area contributed by atoms with Crippen molar-refractivity contribution in [3.8, 4) is 0 Å². The number of pyridine rings is 1. The predicted molar refractivity (Wildman–Crippen MR) is 105 cm³/mol. The van der Waals surface area contributed by atoms with Crippen LogP contribution in [0.2, 0.25) is 0 Å². The highest BCUT2D eigenvalue weighted by molar-refractivity contribution is 7.84. The highest BCUT2D eigenvalue weighted by Crippen LogP contribution is 2.32. The summed E-state index contributed by atoms with van der Waals surface area (Å²) in [7, 11) is -4.04. The molecule has 1 aromatic heterocycles. The number of allylic oxidation sites excluding steroid dienone is 4. The second-order valence-corrected chi connectivity index (χ2v) is 8.70. The van der Waals surface area contributed by atoms with Crippen LogP contribution in [0.25, 0.3) is 0 Å². The minimum atomic E-state index is -4.04. The van der Waals surface area contributed by atoms with E-state index < -0.39 is 16.4 Å². The lowest BCUT2D eigenvalue weighted by Crippen LogP contribution is -2.24. The van der Waals surface area contributed by atoms with Crippen molar-refractivity contribution >= 4 is 21.8 Å². The van der Waals surface area contributed by atoms with Crippen molar-refractivity contribution in [3.63, 3.8) is 0 Å². The first-order chi connectivity index (χ1) is 13.1. The molecule has 9 heteroatoms. The molecule has 0 aromatic carbocycles. The van der Waals surface area contributed by atoms with Gasteiger partial charge < -0.3 is 10.4 Å². The van der Waals surface area contributed by atoms with Crippen LogP contribution in [0.3, 0.4) is 0 Å². The monoisotopic (exact) mass is 407 g/mol. The second-order valence-electron chi connectivity index (χ2n) is 7.48. The number of aliphatic hydroxyl groups is 1. The lowest BCUT2D eigenvalue weighted by molar-refractivity contribution is 0.101. The summed E-state index contributed by atoms with van der Waals surface area (Å²) < 4.78 is 26.5. The lowest BCUT2D eigenvalue weighted by atomic mass is 10.0. The Balaban J connectivity index is 1.69. The van der Waals surface area contributed by atoms with Crippen molar-refractivity contribution < 1.29 is 22.5 Å². The third kappa shape index (κ3) is 4.85. The summed E-state index contributed by atoms with van der Waals surface area (Å²) >= 11 is 0.